The molecule has 10 atom stereocenters. The van der Waals surface area contributed by atoms with E-state index < -0.39 is 81.5 Å². The third kappa shape index (κ3) is 16.0. The Kier molecular flexibility index (Phi) is 20.3. The Labute approximate surface area is 406 Å². The maximum absolute atomic E-state index is 13.4. The number of nitrogens with zero attached hydrogens (tertiary/aromatic N) is 3. The first kappa shape index (κ1) is 53.3. The molecule has 2 aliphatic heterocycles. The lowest BCUT2D eigenvalue weighted by atomic mass is 9.94. The lowest BCUT2D eigenvalue weighted by Gasteiger charge is -2.52. The summed E-state index contributed by atoms with van der Waals surface area (Å²) in [5, 5.41) is 6.48. The summed E-state index contributed by atoms with van der Waals surface area (Å²) in [7, 11) is -2.72. The molecule has 4 aromatic carbocycles. The molecule has 69 heavy (non-hydrogen) atoms. The van der Waals surface area contributed by atoms with E-state index in [1.54, 1.807) is 0 Å². The Bertz CT molecular complexity index is 2200. The van der Waals surface area contributed by atoms with Crippen LogP contribution in [0.4, 0.5) is 0 Å². The van der Waals surface area contributed by atoms with Gasteiger partial charge in [-0.25, -0.2) is 0 Å². The van der Waals surface area contributed by atoms with Gasteiger partial charge in [-0.3, -0.25) is 9.59 Å². The number of carbonyl (C=O) groups excluding carboxylic acids is 2. The van der Waals surface area contributed by atoms with Crippen LogP contribution >= 0.6 is 0 Å². The number of nitrogens with one attached hydrogen (secondary N) is 1. The summed E-state index contributed by atoms with van der Waals surface area (Å²) in [4.78, 5) is 29.4. The van der Waals surface area contributed by atoms with Crippen molar-refractivity contribution in [1.82, 2.24) is 5.32 Å². The predicted molar refractivity (Wildman–Crippen MR) is 260 cm³/mol. The Morgan fingerprint density at radius 3 is 1.57 bits per heavy atom. The normalized spacial score (nSPS) is 25.0. The molecule has 16 nitrogen and oxygen atoms in total. The molecule has 0 radical (unpaired) electrons. The van der Waals surface area contributed by atoms with Crippen LogP contribution in [0.5, 0.6) is 0 Å². The maximum atomic E-state index is 13.4. The molecule has 1 amide bonds. The molecule has 0 aliphatic carbocycles. The number of esters is 1. The molecule has 372 valence electrons. The fourth-order valence-corrected chi connectivity index (χ4v) is 9.20. The zero-order valence-electron chi connectivity index (χ0n) is 40.7. The van der Waals surface area contributed by atoms with Crippen LogP contribution in [0, 0.1) is 0 Å². The molecule has 2 heterocycles. The summed E-state index contributed by atoms with van der Waals surface area (Å²) in [5.41, 5.74) is 12.8. The van der Waals surface area contributed by atoms with Gasteiger partial charge in [0.2, 0.25) is 5.91 Å². The minimum absolute atomic E-state index is 0.0124. The smallest absolute Gasteiger partial charge is 0.303 e. The molecular weight excluding hydrogens is 901 g/mol. The summed E-state index contributed by atoms with van der Waals surface area (Å²) >= 11 is 0. The van der Waals surface area contributed by atoms with E-state index in [1.165, 1.54) is 13.8 Å². The summed E-state index contributed by atoms with van der Waals surface area (Å²) in [5.74, 6) is -0.956. The van der Waals surface area contributed by atoms with Gasteiger partial charge in [0.05, 0.1) is 46.2 Å². The second kappa shape index (κ2) is 26.3. The number of benzene rings is 4. The largest absolute Gasteiger partial charge is 0.457 e. The van der Waals surface area contributed by atoms with Crippen molar-refractivity contribution < 1.29 is 56.6 Å². The van der Waals surface area contributed by atoms with Gasteiger partial charge in [0.1, 0.15) is 42.7 Å². The van der Waals surface area contributed by atoms with E-state index in [2.05, 4.69) is 49.2 Å². The van der Waals surface area contributed by atoms with Crippen LogP contribution < -0.4 is 5.32 Å². The van der Waals surface area contributed by atoms with Crippen LogP contribution in [0.3, 0.4) is 0 Å². The second-order valence-corrected chi connectivity index (χ2v) is 23.4. The molecular formula is C52H68N4O12Si. The van der Waals surface area contributed by atoms with E-state index in [1.807, 2.05) is 121 Å². The summed E-state index contributed by atoms with van der Waals surface area (Å²) in [6.45, 7) is 14.0. The van der Waals surface area contributed by atoms with Gasteiger partial charge in [0, 0.05) is 25.3 Å². The molecule has 0 saturated carbocycles. The van der Waals surface area contributed by atoms with Gasteiger partial charge in [0.15, 0.2) is 27.0 Å². The van der Waals surface area contributed by atoms with E-state index in [4.69, 9.17) is 52.6 Å². The van der Waals surface area contributed by atoms with Crippen molar-refractivity contribution in [3.63, 3.8) is 0 Å². The quantitative estimate of drug-likeness (QED) is 0.0176. The molecule has 1 N–H and O–H groups in total. The average molecular weight is 969 g/mol. The molecule has 2 saturated heterocycles. The minimum atomic E-state index is -2.72. The highest BCUT2D eigenvalue weighted by Crippen LogP contribution is 2.41. The first-order valence-corrected chi connectivity index (χ1v) is 26.4. The number of hydrogen-bond donors (Lipinski definition) is 1. The van der Waals surface area contributed by atoms with Crippen molar-refractivity contribution in [2.75, 3.05) is 26.4 Å². The average Bonchev–Trinajstić information content (AvgIpc) is 3.32. The van der Waals surface area contributed by atoms with Gasteiger partial charge in [-0.2, -0.15) is 0 Å². The zero-order chi connectivity index (χ0) is 49.2. The molecule has 17 heteroatoms. The monoisotopic (exact) mass is 968 g/mol. The Balaban J connectivity index is 1.46. The second-order valence-electron chi connectivity index (χ2n) is 18.7. The molecule has 2 aliphatic rings. The van der Waals surface area contributed by atoms with Crippen molar-refractivity contribution in [2.45, 2.75) is 141 Å². The molecule has 0 aromatic heterocycles. The van der Waals surface area contributed by atoms with Gasteiger partial charge in [-0.15, -0.1) is 0 Å². The maximum Gasteiger partial charge on any atom is 0.303 e. The van der Waals surface area contributed by atoms with E-state index in [-0.39, 0.29) is 57.8 Å². The zero-order valence-corrected chi connectivity index (χ0v) is 41.7. The topological polar surface area (TPSA) is 187 Å². The van der Waals surface area contributed by atoms with E-state index >= 15 is 0 Å². The molecule has 2 fully saturated rings. The van der Waals surface area contributed by atoms with Crippen LogP contribution in [0.1, 0.15) is 56.9 Å². The highest BCUT2D eigenvalue weighted by Gasteiger charge is 2.56. The standard InChI is InChI=1S/C52H68N4O12Si/c1-36(57)55-44-47(68-69(6,7)52(3,4)5)46(64-37(2)58)43(35-60-31-39-22-14-9-15-23-39)65-50(44)67-48-45(62-32-40-24-16-10-17-25-40)42(34-59-30-38-20-12-8-13-21-38)66-51(61-29-28-54-56-53)49(48)63-33-41-26-18-11-19-27-41/h8-27,42-51H,28-35H2,1-7H3,(H,55,57)/t42-,43-,44-,45+,46-,47-,48+,49-,50+,51+/m1/s1. The lowest BCUT2D eigenvalue weighted by Crippen LogP contribution is -2.70. The first-order chi connectivity index (χ1) is 33.2. The van der Waals surface area contributed by atoms with Crippen molar-refractivity contribution in [3.8, 4) is 0 Å². The summed E-state index contributed by atoms with van der Waals surface area (Å²) in [6.07, 6.45) is -9.20. The summed E-state index contributed by atoms with van der Waals surface area (Å²) in [6, 6.07) is 37.8. The lowest BCUT2D eigenvalue weighted by molar-refractivity contribution is -0.360. The predicted octanol–water partition coefficient (Wildman–Crippen LogP) is 8.58. The molecule has 0 spiro atoms. The van der Waals surface area contributed by atoms with E-state index in [0.29, 0.717) is 0 Å². The third-order valence-corrected chi connectivity index (χ3v) is 16.8. The van der Waals surface area contributed by atoms with Crippen molar-refractivity contribution in [2.24, 2.45) is 5.11 Å². The number of rotatable bonds is 24. The van der Waals surface area contributed by atoms with Crippen molar-refractivity contribution in [1.29, 1.82) is 0 Å². The van der Waals surface area contributed by atoms with Crippen LogP contribution in [0.25, 0.3) is 10.4 Å². The molecule has 0 bridgehead atoms. The molecule has 6 rings (SSSR count). The van der Waals surface area contributed by atoms with Crippen LogP contribution in [0.15, 0.2) is 126 Å². The van der Waals surface area contributed by atoms with Crippen molar-refractivity contribution in [3.05, 3.63) is 154 Å². The molecule has 4 aromatic rings. The van der Waals surface area contributed by atoms with Gasteiger partial charge in [0.25, 0.3) is 0 Å². The number of hydrogen-bond acceptors (Lipinski definition) is 13. The number of azide groups is 1. The van der Waals surface area contributed by atoms with Crippen molar-refractivity contribution >= 4 is 20.2 Å². The van der Waals surface area contributed by atoms with E-state index in [9.17, 15) is 9.59 Å². The van der Waals surface area contributed by atoms with Gasteiger partial charge >= 0.3 is 5.97 Å². The molecule has 0 unspecified atom stereocenters. The van der Waals surface area contributed by atoms with Gasteiger partial charge in [-0.05, 0) is 45.9 Å². The van der Waals surface area contributed by atoms with Crippen LogP contribution in [-0.4, -0.2) is 108 Å². The van der Waals surface area contributed by atoms with E-state index in [0.717, 1.165) is 22.3 Å². The fraction of sp³-hybridized carbons (Fsp3) is 0.500. The number of amides is 1. The Hall–Kier alpha value is -5.01. The third-order valence-electron chi connectivity index (χ3n) is 12.3. The van der Waals surface area contributed by atoms with Gasteiger partial charge < -0.3 is 52.4 Å². The Morgan fingerprint density at radius 2 is 1.10 bits per heavy atom. The van der Waals surface area contributed by atoms with Crippen LogP contribution in [0.2, 0.25) is 18.1 Å². The Morgan fingerprint density at radius 1 is 0.638 bits per heavy atom. The summed E-state index contributed by atoms with van der Waals surface area (Å²) < 4.78 is 67.2. The van der Waals surface area contributed by atoms with Crippen LogP contribution in [-0.2, 0) is 83.1 Å². The highest BCUT2D eigenvalue weighted by molar-refractivity contribution is 6.74. The highest BCUT2D eigenvalue weighted by atomic mass is 28.4. The first-order valence-electron chi connectivity index (χ1n) is 23.5. The minimum Gasteiger partial charge on any atom is -0.457 e. The number of ether oxygens (including phenoxy) is 9. The fourth-order valence-electron chi connectivity index (χ4n) is 7.89. The number of carbonyl (C=O) groups is 2. The SMILES string of the molecule is CC(=O)N[C@H]1[C@H](O[C@H]2[C@@H](OCc3ccccc3)[C@@H](COCc3ccccc3)O[C@H](OCCN=[N+]=[N-])[C@@H]2OCc2ccccc2)O[C@H](COCc2ccccc2)[C@@H](OC(C)=O)[C@@H]1O[Si](C)(C)C(C)(C)C. The van der Waals surface area contributed by atoms with Gasteiger partial charge in [-0.1, -0.05) is 147 Å².